The minimum absolute atomic E-state index is 0.101. The molecule has 0 aliphatic heterocycles. The van der Waals surface area contributed by atoms with Crippen LogP contribution in [0.15, 0.2) is 24.4 Å². The lowest BCUT2D eigenvalue weighted by Gasteiger charge is -2.13. The lowest BCUT2D eigenvalue weighted by Crippen LogP contribution is -2.41. The molecular weight excluding hydrogens is 160 g/mol. The number of anilines is 1. The van der Waals surface area contributed by atoms with Crippen LogP contribution in [-0.4, -0.2) is 10.1 Å². The predicted octanol–water partition coefficient (Wildman–Crippen LogP) is 0.00530. The van der Waals surface area contributed by atoms with Gasteiger partial charge in [-0.25, -0.2) is 15.8 Å². The van der Waals surface area contributed by atoms with Crippen molar-refractivity contribution in [1.82, 2.24) is 4.98 Å². The van der Waals surface area contributed by atoms with E-state index in [9.17, 15) is 0 Å². The highest BCUT2D eigenvalue weighted by Gasteiger charge is 2.02. The number of hydrogen-bond donors (Lipinski definition) is 2. The lowest BCUT2D eigenvalue weighted by molar-refractivity contribution is 1.08. The van der Waals surface area contributed by atoms with Gasteiger partial charge in [-0.05, 0) is 24.4 Å². The zero-order chi connectivity index (χ0) is 8.27. The highest BCUT2D eigenvalue weighted by Crippen LogP contribution is 2.02. The van der Waals surface area contributed by atoms with Gasteiger partial charge in [-0.2, -0.15) is 0 Å². The molecule has 0 radical (unpaired) electrons. The molecule has 0 saturated heterocycles. The quantitative estimate of drug-likeness (QED) is 0.351. The van der Waals surface area contributed by atoms with Gasteiger partial charge < -0.3 is 5.73 Å². The number of hydrazine groups is 1. The zero-order valence-electron chi connectivity index (χ0n) is 5.77. The number of nitrogens with two attached hydrogens (primary N) is 2. The van der Waals surface area contributed by atoms with E-state index in [1.807, 2.05) is 0 Å². The Balaban J connectivity index is 2.85. The first-order valence-corrected chi connectivity index (χ1v) is 3.38. The summed E-state index contributed by atoms with van der Waals surface area (Å²) in [6, 6.07) is 5.32. The van der Waals surface area contributed by atoms with Gasteiger partial charge >= 0.3 is 0 Å². The van der Waals surface area contributed by atoms with Gasteiger partial charge in [0, 0.05) is 6.20 Å². The molecule has 1 rings (SSSR count). The maximum atomic E-state index is 5.44. The second kappa shape index (κ2) is 3.27. The monoisotopic (exact) mass is 168 g/mol. The fourth-order valence-electron chi connectivity index (χ4n) is 0.609. The minimum Gasteiger partial charge on any atom is -0.375 e. The van der Waals surface area contributed by atoms with E-state index in [0.717, 1.165) is 5.01 Å². The predicted molar refractivity (Wildman–Crippen MR) is 47.7 cm³/mol. The van der Waals surface area contributed by atoms with Crippen LogP contribution in [-0.2, 0) is 0 Å². The van der Waals surface area contributed by atoms with E-state index in [2.05, 4.69) is 17.2 Å². The number of nitrogens with zero attached hydrogens (tertiary/aromatic N) is 2. The molecule has 11 heavy (non-hydrogen) atoms. The molecule has 1 heterocycles. The van der Waals surface area contributed by atoms with Crippen molar-refractivity contribution in [3.63, 3.8) is 0 Å². The summed E-state index contributed by atoms with van der Waals surface area (Å²) in [4.78, 5) is 3.93. The Morgan fingerprint density at radius 3 is 2.73 bits per heavy atom. The third-order valence-electron chi connectivity index (χ3n) is 1.13. The molecule has 5 heteroatoms. The standard InChI is InChI=1S/C6H8N4S/c7-6(11)10(8)5-3-1-2-4-9-5/h1-4H,8H2,(H2,7,11). The number of aromatic nitrogens is 1. The molecule has 1 aromatic rings. The molecule has 0 bridgehead atoms. The number of thiocarbonyl (C=S) groups is 1. The Labute approximate surface area is 69.8 Å². The molecule has 0 atom stereocenters. The van der Waals surface area contributed by atoms with Crippen molar-refractivity contribution >= 4 is 23.1 Å². The Hall–Kier alpha value is -1.20. The van der Waals surface area contributed by atoms with Gasteiger partial charge in [0.2, 0.25) is 0 Å². The van der Waals surface area contributed by atoms with Crippen molar-refractivity contribution in [2.75, 3.05) is 5.01 Å². The summed E-state index contributed by atoms with van der Waals surface area (Å²) >= 11 is 4.64. The Kier molecular flexibility index (Phi) is 2.35. The number of rotatable bonds is 1. The average Bonchev–Trinajstić information content (AvgIpc) is 2.05. The normalized spacial score (nSPS) is 9.18. The maximum absolute atomic E-state index is 5.44. The SMILES string of the molecule is NC(=S)N(N)c1ccccn1. The highest BCUT2D eigenvalue weighted by atomic mass is 32.1. The van der Waals surface area contributed by atoms with Crippen molar-refractivity contribution in [2.45, 2.75) is 0 Å². The molecule has 0 saturated carbocycles. The Morgan fingerprint density at radius 1 is 1.55 bits per heavy atom. The fourth-order valence-corrected chi connectivity index (χ4v) is 0.703. The van der Waals surface area contributed by atoms with Crippen LogP contribution in [0.4, 0.5) is 5.82 Å². The molecule has 0 aromatic carbocycles. The first kappa shape index (κ1) is 7.90. The topological polar surface area (TPSA) is 68.2 Å². The largest absolute Gasteiger partial charge is 0.375 e. The van der Waals surface area contributed by atoms with Crippen LogP contribution in [0.3, 0.4) is 0 Å². The summed E-state index contributed by atoms with van der Waals surface area (Å²) in [6.07, 6.45) is 1.62. The van der Waals surface area contributed by atoms with Gasteiger partial charge in [-0.3, -0.25) is 0 Å². The van der Waals surface area contributed by atoms with Crippen LogP contribution in [0.25, 0.3) is 0 Å². The molecule has 4 N–H and O–H groups in total. The summed E-state index contributed by atoms with van der Waals surface area (Å²) in [5.41, 5.74) is 5.26. The van der Waals surface area contributed by atoms with E-state index in [1.54, 1.807) is 24.4 Å². The van der Waals surface area contributed by atoms with Crippen LogP contribution in [0.2, 0.25) is 0 Å². The van der Waals surface area contributed by atoms with E-state index < -0.39 is 0 Å². The summed E-state index contributed by atoms with van der Waals surface area (Å²) in [7, 11) is 0. The third-order valence-corrected chi connectivity index (χ3v) is 1.33. The minimum atomic E-state index is 0.101. The fraction of sp³-hybridized carbons (Fsp3) is 0. The molecule has 0 unspecified atom stereocenters. The average molecular weight is 168 g/mol. The van der Waals surface area contributed by atoms with Crippen molar-refractivity contribution in [3.05, 3.63) is 24.4 Å². The second-order valence-corrected chi connectivity index (χ2v) is 2.31. The molecule has 58 valence electrons. The zero-order valence-corrected chi connectivity index (χ0v) is 6.58. The smallest absolute Gasteiger partial charge is 0.186 e. The summed E-state index contributed by atoms with van der Waals surface area (Å²) in [5.74, 6) is 5.98. The van der Waals surface area contributed by atoms with E-state index in [-0.39, 0.29) is 5.11 Å². The van der Waals surface area contributed by atoms with Crippen LogP contribution >= 0.6 is 12.2 Å². The van der Waals surface area contributed by atoms with Crippen LogP contribution in [0.1, 0.15) is 0 Å². The van der Waals surface area contributed by atoms with E-state index in [4.69, 9.17) is 11.6 Å². The first-order chi connectivity index (χ1) is 5.22. The molecule has 0 aliphatic rings. The molecule has 0 spiro atoms. The summed E-state index contributed by atoms with van der Waals surface area (Å²) in [5, 5.41) is 1.25. The van der Waals surface area contributed by atoms with Gasteiger partial charge in [0.15, 0.2) is 5.11 Å². The molecule has 0 amide bonds. The van der Waals surface area contributed by atoms with Crippen molar-refractivity contribution in [2.24, 2.45) is 11.6 Å². The molecule has 4 nitrogen and oxygen atoms in total. The molecule has 0 fully saturated rings. The lowest BCUT2D eigenvalue weighted by atomic mass is 10.5. The van der Waals surface area contributed by atoms with Crippen LogP contribution in [0.5, 0.6) is 0 Å². The van der Waals surface area contributed by atoms with E-state index in [1.165, 1.54) is 0 Å². The Morgan fingerprint density at radius 2 is 2.27 bits per heavy atom. The molecule has 0 aliphatic carbocycles. The van der Waals surface area contributed by atoms with E-state index >= 15 is 0 Å². The van der Waals surface area contributed by atoms with Crippen molar-refractivity contribution < 1.29 is 0 Å². The van der Waals surface area contributed by atoms with Gasteiger partial charge in [-0.1, -0.05) is 6.07 Å². The van der Waals surface area contributed by atoms with Crippen molar-refractivity contribution in [1.29, 1.82) is 0 Å². The second-order valence-electron chi connectivity index (χ2n) is 1.90. The number of pyridine rings is 1. The van der Waals surface area contributed by atoms with Crippen LogP contribution < -0.4 is 16.6 Å². The first-order valence-electron chi connectivity index (χ1n) is 2.97. The van der Waals surface area contributed by atoms with E-state index in [0.29, 0.717) is 5.82 Å². The Bertz CT molecular complexity index is 248. The number of hydrogen-bond acceptors (Lipinski definition) is 3. The third kappa shape index (κ3) is 1.86. The van der Waals surface area contributed by atoms with Crippen molar-refractivity contribution in [3.8, 4) is 0 Å². The van der Waals surface area contributed by atoms with Gasteiger partial charge in [0.25, 0.3) is 0 Å². The summed E-state index contributed by atoms with van der Waals surface area (Å²) in [6.45, 7) is 0. The highest BCUT2D eigenvalue weighted by molar-refractivity contribution is 7.80. The van der Waals surface area contributed by atoms with Gasteiger partial charge in [0.1, 0.15) is 5.82 Å². The molecule has 1 aromatic heterocycles. The van der Waals surface area contributed by atoms with Crippen LogP contribution in [0, 0.1) is 0 Å². The molecular formula is C6H8N4S. The van der Waals surface area contributed by atoms with Gasteiger partial charge in [0.05, 0.1) is 0 Å². The summed E-state index contributed by atoms with van der Waals surface area (Å²) < 4.78 is 0. The van der Waals surface area contributed by atoms with Gasteiger partial charge in [-0.15, -0.1) is 0 Å². The maximum Gasteiger partial charge on any atom is 0.186 e.